The zero-order valence-corrected chi connectivity index (χ0v) is 17.4. The highest BCUT2D eigenvalue weighted by Gasteiger charge is 2.35. The Hall–Kier alpha value is -2.10. The van der Waals surface area contributed by atoms with Crippen molar-refractivity contribution in [1.82, 2.24) is 19.8 Å². The Bertz CT molecular complexity index is 575. The first-order valence-electron chi connectivity index (χ1n) is 9.88. The molecule has 0 aliphatic carbocycles. The van der Waals surface area contributed by atoms with Crippen molar-refractivity contribution in [2.24, 2.45) is 11.3 Å². The van der Waals surface area contributed by atoms with Gasteiger partial charge in [-0.15, -0.1) is 0 Å². The molecule has 0 unspecified atom stereocenters. The molecular weight excluding hydrogens is 376 g/mol. The minimum atomic E-state index is -0.250. The van der Waals surface area contributed by atoms with Crippen LogP contribution in [0.4, 0.5) is 0 Å². The highest BCUT2D eigenvalue weighted by Crippen LogP contribution is 2.27. The van der Waals surface area contributed by atoms with E-state index in [4.69, 9.17) is 19.8 Å². The summed E-state index contributed by atoms with van der Waals surface area (Å²) >= 11 is 0. The number of hydrogen-bond donors (Lipinski definition) is 3. The van der Waals surface area contributed by atoms with Crippen molar-refractivity contribution in [2.75, 3.05) is 39.3 Å². The molecule has 2 atom stereocenters. The summed E-state index contributed by atoms with van der Waals surface area (Å²) in [6.45, 7) is 10.7. The molecule has 2 saturated heterocycles. The van der Waals surface area contributed by atoms with Crippen molar-refractivity contribution in [1.29, 1.82) is 0 Å². The normalized spacial score (nSPS) is 22.2. The molecule has 2 fully saturated rings. The van der Waals surface area contributed by atoms with Crippen LogP contribution in [-0.2, 0) is 16.0 Å². The van der Waals surface area contributed by atoms with Gasteiger partial charge in [0.1, 0.15) is 0 Å². The van der Waals surface area contributed by atoms with Crippen LogP contribution < -0.4 is 0 Å². The van der Waals surface area contributed by atoms with Crippen molar-refractivity contribution < 1.29 is 24.9 Å². The molecule has 29 heavy (non-hydrogen) atoms. The molecule has 3 rings (SSSR count). The summed E-state index contributed by atoms with van der Waals surface area (Å²) in [7, 11) is 0. The molecule has 0 radical (unpaired) electrons. The zero-order chi connectivity index (χ0) is 21.7. The maximum Gasteiger partial charge on any atom is 0.290 e. The number of aromatic nitrogens is 2. The number of β-amino-alcohol motifs (C(OH)–C–C–N with tert-alkyl or cyclic N) is 1. The molecule has 2 aliphatic rings. The third-order valence-corrected chi connectivity index (χ3v) is 5.07. The second kappa shape index (κ2) is 13.2. The minimum Gasteiger partial charge on any atom is -0.483 e. The average molecular weight is 411 g/mol. The van der Waals surface area contributed by atoms with Gasteiger partial charge in [-0.25, -0.2) is 0 Å². The molecule has 0 saturated carbocycles. The number of hydrogen-bond acceptors (Lipinski definition) is 7. The summed E-state index contributed by atoms with van der Waals surface area (Å²) in [5, 5.41) is 24.2. The molecule has 2 aliphatic heterocycles. The Labute approximate surface area is 172 Å². The lowest BCUT2D eigenvalue weighted by Gasteiger charge is -2.33. The predicted octanol–water partition coefficient (Wildman–Crippen LogP) is 0.835. The van der Waals surface area contributed by atoms with Gasteiger partial charge in [-0.3, -0.25) is 24.5 Å². The molecule has 0 bridgehead atoms. The van der Waals surface area contributed by atoms with Gasteiger partial charge in [0.2, 0.25) is 0 Å². The maximum absolute atomic E-state index is 10.4. The van der Waals surface area contributed by atoms with Crippen LogP contribution in [0.25, 0.3) is 0 Å². The van der Waals surface area contributed by atoms with Gasteiger partial charge >= 0.3 is 0 Å². The van der Waals surface area contributed by atoms with Crippen LogP contribution >= 0.6 is 0 Å². The fourth-order valence-corrected chi connectivity index (χ4v) is 4.18. The van der Waals surface area contributed by atoms with E-state index in [-0.39, 0.29) is 30.4 Å². The second-order valence-corrected chi connectivity index (χ2v) is 8.28. The van der Waals surface area contributed by atoms with E-state index in [9.17, 15) is 5.11 Å². The first-order valence-corrected chi connectivity index (χ1v) is 9.88. The van der Waals surface area contributed by atoms with Crippen LogP contribution in [0.1, 0.15) is 32.4 Å². The molecule has 0 spiro atoms. The third kappa shape index (κ3) is 9.78. The minimum absolute atomic E-state index is 0.250. The van der Waals surface area contributed by atoms with E-state index in [1.807, 2.05) is 6.20 Å². The largest absolute Gasteiger partial charge is 0.483 e. The van der Waals surface area contributed by atoms with E-state index >= 15 is 0 Å². The van der Waals surface area contributed by atoms with Crippen LogP contribution in [0.2, 0.25) is 0 Å². The first kappa shape index (κ1) is 24.9. The second-order valence-electron chi connectivity index (χ2n) is 8.28. The Morgan fingerprint density at radius 3 is 2.21 bits per heavy atom. The van der Waals surface area contributed by atoms with Crippen molar-refractivity contribution in [3.8, 4) is 0 Å². The fourth-order valence-electron chi connectivity index (χ4n) is 4.18. The van der Waals surface area contributed by atoms with Gasteiger partial charge in [0.05, 0.1) is 11.8 Å². The lowest BCUT2D eigenvalue weighted by atomic mass is 9.92. The van der Waals surface area contributed by atoms with Crippen LogP contribution in [0.5, 0.6) is 0 Å². The van der Waals surface area contributed by atoms with E-state index in [1.165, 1.54) is 25.9 Å². The summed E-state index contributed by atoms with van der Waals surface area (Å²) < 4.78 is 0. The molecule has 0 aromatic carbocycles. The van der Waals surface area contributed by atoms with E-state index in [0.717, 1.165) is 38.3 Å². The summed E-state index contributed by atoms with van der Waals surface area (Å²) in [4.78, 5) is 30.2. The van der Waals surface area contributed by atoms with Crippen molar-refractivity contribution in [3.05, 3.63) is 24.3 Å². The van der Waals surface area contributed by atoms with E-state index in [1.54, 1.807) is 12.4 Å². The Morgan fingerprint density at radius 2 is 1.66 bits per heavy atom. The van der Waals surface area contributed by atoms with E-state index in [2.05, 4.69) is 33.6 Å². The molecule has 1 aromatic heterocycles. The first-order chi connectivity index (χ1) is 13.8. The van der Waals surface area contributed by atoms with Gasteiger partial charge in [0, 0.05) is 50.7 Å². The molecule has 3 N–H and O–H groups in total. The predicted molar refractivity (Wildman–Crippen MR) is 109 cm³/mol. The van der Waals surface area contributed by atoms with Gasteiger partial charge in [0.25, 0.3) is 12.9 Å². The molecule has 0 amide bonds. The van der Waals surface area contributed by atoms with Crippen molar-refractivity contribution >= 4 is 12.9 Å². The van der Waals surface area contributed by atoms with Crippen LogP contribution in [0.15, 0.2) is 18.6 Å². The number of carboxylic acid groups (broad SMARTS) is 2. The number of rotatable bonds is 6. The number of aliphatic hydroxyl groups excluding tert-OH is 1. The monoisotopic (exact) mass is 410 g/mol. The fraction of sp³-hybridized carbons (Fsp3) is 0.700. The zero-order valence-electron chi connectivity index (χ0n) is 17.4. The number of nitrogens with zero attached hydrogens (tertiary/aromatic N) is 4. The molecule has 9 nitrogen and oxygen atoms in total. The molecule has 9 heteroatoms. The molecular formula is C20H34N4O5. The summed E-state index contributed by atoms with van der Waals surface area (Å²) in [6.07, 6.45) is 8.50. The maximum atomic E-state index is 10.4. The highest BCUT2D eigenvalue weighted by molar-refractivity contribution is 5.33. The Kier molecular flexibility index (Phi) is 11.3. The lowest BCUT2D eigenvalue weighted by Crippen LogP contribution is -2.41. The topological polar surface area (TPSA) is 127 Å². The molecule has 164 valence electrons. The smallest absolute Gasteiger partial charge is 0.290 e. The molecule has 1 aromatic rings. The van der Waals surface area contributed by atoms with Crippen LogP contribution in [-0.4, -0.2) is 93.4 Å². The van der Waals surface area contributed by atoms with Gasteiger partial charge in [0.15, 0.2) is 0 Å². The van der Waals surface area contributed by atoms with Gasteiger partial charge < -0.3 is 20.2 Å². The quantitative estimate of drug-likeness (QED) is 0.584. The van der Waals surface area contributed by atoms with E-state index in [0.29, 0.717) is 0 Å². The van der Waals surface area contributed by atoms with Crippen LogP contribution in [0.3, 0.4) is 0 Å². The lowest BCUT2D eigenvalue weighted by molar-refractivity contribution is -0.123. The Morgan fingerprint density at radius 1 is 1.07 bits per heavy atom. The van der Waals surface area contributed by atoms with Gasteiger partial charge in [-0.2, -0.15) is 0 Å². The number of carbonyl (C=O) groups is 2. The van der Waals surface area contributed by atoms with Gasteiger partial charge in [-0.05, 0) is 37.8 Å². The molecule has 3 heterocycles. The van der Waals surface area contributed by atoms with Crippen LogP contribution in [0, 0.1) is 11.3 Å². The Balaban J connectivity index is 0.000000626. The number of likely N-dealkylation sites (tertiary alicyclic amines) is 2. The SMILES string of the molecule is CC(C)(CN1CCCC1)CN1C[C@@H](Cc2cnccn2)[C@H](O)C1.O=CO.O=CO. The number of aliphatic hydroxyl groups is 1. The van der Waals surface area contributed by atoms with Crippen molar-refractivity contribution in [2.45, 2.75) is 39.2 Å². The highest BCUT2D eigenvalue weighted by atomic mass is 16.3. The van der Waals surface area contributed by atoms with Crippen molar-refractivity contribution in [3.63, 3.8) is 0 Å². The third-order valence-electron chi connectivity index (χ3n) is 5.07. The summed E-state index contributed by atoms with van der Waals surface area (Å²) in [6, 6.07) is 0. The summed E-state index contributed by atoms with van der Waals surface area (Å²) in [5.74, 6) is 0.272. The summed E-state index contributed by atoms with van der Waals surface area (Å²) in [5.41, 5.74) is 1.25. The standard InChI is InChI=1S/C18H30N4O.2CH2O2/c1-18(2,13-21-7-3-4-8-21)14-22-11-15(17(23)12-22)9-16-10-19-5-6-20-16;2*2-1-3/h5-6,10,15,17,23H,3-4,7-9,11-14H2,1-2H3;2*1H,(H,2,3)/t15-,17-;;/m1../s1. The van der Waals surface area contributed by atoms with E-state index < -0.39 is 0 Å². The van der Waals surface area contributed by atoms with Gasteiger partial charge in [-0.1, -0.05) is 13.8 Å². The average Bonchev–Trinajstić information content (AvgIpc) is 3.26.